The van der Waals surface area contributed by atoms with Crippen LogP contribution in [0.4, 0.5) is 18.9 Å². The van der Waals surface area contributed by atoms with Crippen molar-refractivity contribution in [3.05, 3.63) is 24.3 Å². The second-order valence-electron chi connectivity index (χ2n) is 3.27. The van der Waals surface area contributed by atoms with Crippen molar-refractivity contribution < 1.29 is 22.7 Å². The van der Waals surface area contributed by atoms with Gasteiger partial charge in [-0.05, 0) is 19.1 Å². The Morgan fingerprint density at radius 2 is 2.00 bits per heavy atom. The van der Waals surface area contributed by atoms with Crippen LogP contribution < -0.4 is 10.1 Å². The Hall–Kier alpha value is -1.72. The number of para-hydroxylation sites is 2. The van der Waals surface area contributed by atoms with Gasteiger partial charge >= 0.3 is 6.18 Å². The Bertz CT molecular complexity index is 391. The maximum Gasteiger partial charge on any atom is 0.397 e. The summed E-state index contributed by atoms with van der Waals surface area (Å²) >= 11 is 0. The predicted molar refractivity (Wildman–Crippen MR) is 56.9 cm³/mol. The van der Waals surface area contributed by atoms with E-state index in [1.54, 1.807) is 25.1 Å². The van der Waals surface area contributed by atoms with Crippen LogP contribution in [0.2, 0.25) is 0 Å². The molecule has 0 aliphatic carbocycles. The highest BCUT2D eigenvalue weighted by atomic mass is 19.4. The van der Waals surface area contributed by atoms with Crippen LogP contribution in [0.25, 0.3) is 0 Å². The number of hydrogen-bond acceptors (Lipinski definition) is 2. The second kappa shape index (κ2) is 5.56. The van der Waals surface area contributed by atoms with Crippen LogP contribution in [-0.4, -0.2) is 18.7 Å². The monoisotopic (exact) mass is 247 g/mol. The molecule has 0 fully saturated rings. The first kappa shape index (κ1) is 13.3. The number of hydrogen-bond donors (Lipinski definition) is 1. The van der Waals surface area contributed by atoms with E-state index in [9.17, 15) is 18.0 Å². The number of rotatable bonds is 4. The molecule has 0 aromatic heterocycles. The van der Waals surface area contributed by atoms with Gasteiger partial charge in [-0.1, -0.05) is 12.1 Å². The number of carbonyl (C=O) groups is 1. The molecule has 1 amide bonds. The average Bonchev–Trinajstić information content (AvgIpc) is 2.18. The number of alkyl halides is 3. The molecule has 17 heavy (non-hydrogen) atoms. The fourth-order valence-electron chi connectivity index (χ4n) is 1.23. The van der Waals surface area contributed by atoms with Gasteiger partial charge in [0, 0.05) is 0 Å². The molecule has 0 radical (unpaired) electrons. The van der Waals surface area contributed by atoms with Crippen LogP contribution in [0.3, 0.4) is 0 Å². The SMILES string of the molecule is CCOc1ccccc1NC(=O)CC(F)(F)F. The molecule has 0 atom stereocenters. The third-order valence-electron chi connectivity index (χ3n) is 1.82. The zero-order valence-electron chi connectivity index (χ0n) is 9.17. The first-order valence-electron chi connectivity index (χ1n) is 5.01. The second-order valence-corrected chi connectivity index (χ2v) is 3.27. The van der Waals surface area contributed by atoms with Gasteiger partial charge in [-0.15, -0.1) is 0 Å². The third-order valence-corrected chi connectivity index (χ3v) is 1.82. The smallest absolute Gasteiger partial charge is 0.397 e. The summed E-state index contributed by atoms with van der Waals surface area (Å²) in [5.74, 6) is -0.754. The van der Waals surface area contributed by atoms with Gasteiger partial charge in [0.2, 0.25) is 5.91 Å². The average molecular weight is 247 g/mol. The maximum atomic E-state index is 12.0. The van der Waals surface area contributed by atoms with Crippen molar-refractivity contribution in [2.45, 2.75) is 19.5 Å². The zero-order chi connectivity index (χ0) is 12.9. The molecule has 1 aromatic carbocycles. The van der Waals surface area contributed by atoms with Crippen molar-refractivity contribution in [1.29, 1.82) is 0 Å². The van der Waals surface area contributed by atoms with E-state index < -0.39 is 18.5 Å². The van der Waals surface area contributed by atoms with E-state index in [2.05, 4.69) is 5.32 Å². The summed E-state index contributed by atoms with van der Waals surface area (Å²) in [7, 11) is 0. The van der Waals surface area contributed by atoms with Crippen molar-refractivity contribution in [3.63, 3.8) is 0 Å². The van der Waals surface area contributed by atoms with E-state index in [-0.39, 0.29) is 5.69 Å². The fraction of sp³-hybridized carbons (Fsp3) is 0.364. The molecule has 6 heteroatoms. The number of carbonyl (C=O) groups excluding carboxylic acids is 1. The summed E-state index contributed by atoms with van der Waals surface area (Å²) in [6.07, 6.45) is -6.02. The number of halogens is 3. The maximum absolute atomic E-state index is 12.0. The van der Waals surface area contributed by atoms with E-state index >= 15 is 0 Å². The largest absolute Gasteiger partial charge is 0.492 e. The van der Waals surface area contributed by atoms with Crippen molar-refractivity contribution >= 4 is 11.6 Å². The van der Waals surface area contributed by atoms with Gasteiger partial charge in [0.05, 0.1) is 12.3 Å². The highest BCUT2D eigenvalue weighted by molar-refractivity contribution is 5.92. The van der Waals surface area contributed by atoms with Gasteiger partial charge in [0.1, 0.15) is 12.2 Å². The minimum atomic E-state index is -4.51. The predicted octanol–water partition coefficient (Wildman–Crippen LogP) is 2.98. The topological polar surface area (TPSA) is 38.3 Å². The first-order valence-corrected chi connectivity index (χ1v) is 5.01. The number of ether oxygens (including phenoxy) is 1. The molecule has 3 nitrogen and oxygen atoms in total. The number of benzene rings is 1. The molecule has 0 bridgehead atoms. The minimum Gasteiger partial charge on any atom is -0.492 e. The number of anilines is 1. The summed E-state index contributed by atoms with van der Waals surface area (Å²) in [5, 5.41) is 2.17. The van der Waals surface area contributed by atoms with Crippen LogP contribution >= 0.6 is 0 Å². The van der Waals surface area contributed by atoms with Crippen LogP contribution in [-0.2, 0) is 4.79 Å². The molecule has 1 rings (SSSR count). The molecule has 0 aliphatic heterocycles. The number of amides is 1. The molecule has 94 valence electrons. The normalized spacial score (nSPS) is 11.1. The van der Waals surface area contributed by atoms with Gasteiger partial charge in [-0.3, -0.25) is 4.79 Å². The summed E-state index contributed by atoms with van der Waals surface area (Å²) < 4.78 is 41.1. The van der Waals surface area contributed by atoms with Crippen LogP contribution in [0.1, 0.15) is 13.3 Å². The fourth-order valence-corrected chi connectivity index (χ4v) is 1.23. The molecular weight excluding hydrogens is 235 g/mol. The van der Waals surface area contributed by atoms with Crippen molar-refractivity contribution in [2.75, 3.05) is 11.9 Å². The molecule has 1 aromatic rings. The van der Waals surface area contributed by atoms with Crippen molar-refractivity contribution in [3.8, 4) is 5.75 Å². The summed E-state index contributed by atoms with van der Waals surface area (Å²) in [6.45, 7) is 2.11. The first-order chi connectivity index (χ1) is 7.92. The molecule has 0 saturated heterocycles. The highest BCUT2D eigenvalue weighted by Crippen LogP contribution is 2.25. The highest BCUT2D eigenvalue weighted by Gasteiger charge is 2.31. The number of nitrogens with one attached hydrogen (secondary N) is 1. The van der Waals surface area contributed by atoms with Gasteiger partial charge in [0.25, 0.3) is 0 Å². The Balaban J connectivity index is 2.71. The standard InChI is InChI=1S/C11H12F3NO2/c1-2-17-9-6-4-3-5-8(9)15-10(16)7-11(12,13)14/h3-6H,2,7H2,1H3,(H,15,16). The van der Waals surface area contributed by atoms with Crippen molar-refractivity contribution in [2.24, 2.45) is 0 Å². The Kier molecular flexibility index (Phi) is 4.37. The van der Waals surface area contributed by atoms with E-state index in [0.29, 0.717) is 12.4 Å². The summed E-state index contributed by atoms with van der Waals surface area (Å²) in [5.41, 5.74) is 0.239. The van der Waals surface area contributed by atoms with Crippen molar-refractivity contribution in [1.82, 2.24) is 0 Å². The van der Waals surface area contributed by atoms with E-state index in [0.717, 1.165) is 0 Å². The minimum absolute atomic E-state index is 0.239. The lowest BCUT2D eigenvalue weighted by Crippen LogP contribution is -2.21. The van der Waals surface area contributed by atoms with Crippen LogP contribution in [0, 0.1) is 0 Å². The lowest BCUT2D eigenvalue weighted by molar-refractivity contribution is -0.150. The van der Waals surface area contributed by atoms with Crippen LogP contribution in [0.15, 0.2) is 24.3 Å². The molecular formula is C11H12F3NO2. The molecule has 0 spiro atoms. The van der Waals surface area contributed by atoms with Gasteiger partial charge in [-0.2, -0.15) is 13.2 Å². The third kappa shape index (κ3) is 4.76. The molecule has 0 saturated carbocycles. The van der Waals surface area contributed by atoms with Gasteiger partial charge in [0.15, 0.2) is 0 Å². The Labute approximate surface area is 96.6 Å². The quantitative estimate of drug-likeness (QED) is 0.888. The molecule has 0 unspecified atom stereocenters. The van der Waals surface area contributed by atoms with Gasteiger partial charge in [-0.25, -0.2) is 0 Å². The van der Waals surface area contributed by atoms with Crippen LogP contribution in [0.5, 0.6) is 5.75 Å². The summed E-state index contributed by atoms with van der Waals surface area (Å²) in [6, 6.07) is 6.34. The van der Waals surface area contributed by atoms with E-state index in [1.807, 2.05) is 0 Å². The summed E-state index contributed by atoms with van der Waals surface area (Å²) in [4.78, 5) is 11.1. The lowest BCUT2D eigenvalue weighted by atomic mass is 10.2. The zero-order valence-corrected chi connectivity index (χ0v) is 9.17. The van der Waals surface area contributed by atoms with Gasteiger partial charge < -0.3 is 10.1 Å². The lowest BCUT2D eigenvalue weighted by Gasteiger charge is -2.12. The van der Waals surface area contributed by atoms with E-state index in [1.165, 1.54) is 6.07 Å². The Morgan fingerprint density at radius 1 is 1.35 bits per heavy atom. The Morgan fingerprint density at radius 3 is 2.59 bits per heavy atom. The van der Waals surface area contributed by atoms with E-state index in [4.69, 9.17) is 4.74 Å². The molecule has 0 heterocycles. The molecule has 1 N–H and O–H groups in total. The molecule has 0 aliphatic rings.